The van der Waals surface area contributed by atoms with Crippen molar-refractivity contribution >= 4 is 17.3 Å². The lowest BCUT2D eigenvalue weighted by Crippen LogP contribution is -2.83. The molecule has 11 aliphatic rings. The van der Waals surface area contributed by atoms with Crippen molar-refractivity contribution < 1.29 is 54.1 Å². The first-order valence-electron chi connectivity index (χ1n) is 21.3. The molecule has 6 bridgehead atoms. The van der Waals surface area contributed by atoms with Crippen LogP contribution in [0, 0.1) is 68.5 Å². The number of carbonyl (C=O) groups is 3. The zero-order chi connectivity index (χ0) is 40.3. The Morgan fingerprint density at radius 2 is 1.52 bits per heavy atom. The highest BCUT2D eigenvalue weighted by molar-refractivity contribution is 6.05. The number of Topliss-reactive ketones (excluding diaryl/α,β-unsaturated/α-hetero) is 3. The molecule has 5 N–H and O–H groups in total. The van der Waals surface area contributed by atoms with Crippen LogP contribution < -0.4 is 0 Å². The lowest BCUT2D eigenvalue weighted by atomic mass is 9.35. The Bertz CT molecular complexity index is 1930. The van der Waals surface area contributed by atoms with E-state index in [2.05, 4.69) is 27.0 Å². The van der Waals surface area contributed by atoms with Gasteiger partial charge in [-0.05, 0) is 116 Å². The summed E-state index contributed by atoms with van der Waals surface area (Å²) in [4.78, 5) is 43.7. The van der Waals surface area contributed by atoms with E-state index in [1.165, 1.54) is 0 Å². The Balaban J connectivity index is 1.04. The molecular weight excluding hydrogens is 716 g/mol. The molecule has 56 heavy (non-hydrogen) atoms. The summed E-state index contributed by atoms with van der Waals surface area (Å²) in [5, 5.41) is 62.0. The quantitative estimate of drug-likeness (QED) is 0.255. The molecular formula is C45H60O11. The third-order valence-electron chi connectivity index (χ3n) is 18.6. The zero-order valence-electron chi connectivity index (χ0n) is 33.7. The fourth-order valence-electron chi connectivity index (χ4n) is 16.6. The van der Waals surface area contributed by atoms with Gasteiger partial charge in [0, 0.05) is 24.2 Å². The molecule has 6 saturated carbocycles. The van der Waals surface area contributed by atoms with Gasteiger partial charge in [-0.3, -0.25) is 14.4 Å². The lowest BCUT2D eigenvalue weighted by molar-refractivity contribution is -0.440. The van der Waals surface area contributed by atoms with Crippen LogP contribution in [0.1, 0.15) is 106 Å². The van der Waals surface area contributed by atoms with Crippen LogP contribution in [-0.4, -0.2) is 91.1 Å². The maximum Gasteiger partial charge on any atom is 0.208 e. The van der Waals surface area contributed by atoms with E-state index < -0.39 is 104 Å². The maximum atomic E-state index is 15.0. The minimum atomic E-state index is -2.46. The fourth-order valence-corrected chi connectivity index (χ4v) is 16.6. The van der Waals surface area contributed by atoms with Crippen LogP contribution in [0.3, 0.4) is 0 Å². The van der Waals surface area contributed by atoms with Crippen molar-refractivity contribution in [1.29, 1.82) is 0 Å². The molecule has 0 aromatic heterocycles. The summed E-state index contributed by atoms with van der Waals surface area (Å²) in [6.07, 6.45) is -0.398. The normalized spacial score (nSPS) is 55.4. The summed E-state index contributed by atoms with van der Waals surface area (Å²) in [6, 6.07) is 0. The Morgan fingerprint density at radius 1 is 0.857 bits per heavy atom. The molecule has 4 aliphatic heterocycles. The van der Waals surface area contributed by atoms with Crippen molar-refractivity contribution in [3.8, 4) is 0 Å². The number of fused-ring (bicyclic) bond motifs is 3. The number of aliphatic hydroxyl groups excluding tert-OH is 3. The standard InChI is InChI=1S/C45H60O11/c1-20-15-25-9-10-27-22(3)33(48)43(25,34(27)49)45(53,55-20)35(50)28-16-30(46)40(18-39(28,7)8)14-13-24-17-38(5,6)31-36(51)44(52)42-23(4)26(21(2)32(42)47)11-12-29(42)41(31,19-54-44)37(24)56-40/h20,23,25-29,31,34-36,49-53H,2-3,9-19H2,1,4-8H3/t20-,23+,25-,26-,27-,28+,29-,31+,34+,35-,36-,40+,41-,42-,43-,44+,45+/m0/s1. The second-order valence-electron chi connectivity index (χ2n) is 21.6. The van der Waals surface area contributed by atoms with Gasteiger partial charge in [0.05, 0.1) is 29.6 Å². The van der Waals surface area contributed by atoms with E-state index in [1.807, 2.05) is 20.8 Å². The highest BCUT2D eigenvalue weighted by Crippen LogP contribution is 2.79. The van der Waals surface area contributed by atoms with Crippen molar-refractivity contribution in [2.24, 2.45) is 68.5 Å². The second kappa shape index (κ2) is 10.9. The van der Waals surface area contributed by atoms with Crippen molar-refractivity contribution in [1.82, 2.24) is 0 Å². The molecule has 7 aliphatic carbocycles. The molecule has 11 heteroatoms. The Morgan fingerprint density at radius 3 is 2.23 bits per heavy atom. The molecule has 17 atom stereocenters. The highest BCUT2D eigenvalue weighted by atomic mass is 16.7. The van der Waals surface area contributed by atoms with Gasteiger partial charge in [-0.2, -0.15) is 0 Å². The van der Waals surface area contributed by atoms with Crippen molar-refractivity contribution in [3.63, 3.8) is 0 Å². The zero-order valence-corrected chi connectivity index (χ0v) is 33.7. The number of hydrogen-bond donors (Lipinski definition) is 5. The third kappa shape index (κ3) is 3.78. The number of rotatable bonds is 2. The van der Waals surface area contributed by atoms with E-state index in [0.717, 1.165) is 12.0 Å². The summed E-state index contributed by atoms with van der Waals surface area (Å²) in [7, 11) is 0. The molecule has 3 saturated heterocycles. The average molecular weight is 777 g/mol. The topological polar surface area (TPSA) is 180 Å². The molecule has 9 fully saturated rings. The molecule has 0 aromatic carbocycles. The van der Waals surface area contributed by atoms with Crippen LogP contribution in [0.2, 0.25) is 0 Å². The van der Waals surface area contributed by atoms with Gasteiger partial charge in [-0.1, -0.05) is 47.8 Å². The van der Waals surface area contributed by atoms with E-state index in [1.54, 1.807) is 6.92 Å². The molecule has 0 aromatic rings. The van der Waals surface area contributed by atoms with Crippen molar-refractivity contribution in [2.45, 2.75) is 147 Å². The molecule has 0 amide bonds. The molecule has 4 spiro atoms. The highest BCUT2D eigenvalue weighted by Gasteiger charge is 2.87. The smallest absolute Gasteiger partial charge is 0.208 e. The van der Waals surface area contributed by atoms with E-state index in [9.17, 15) is 39.9 Å². The maximum absolute atomic E-state index is 15.0. The van der Waals surface area contributed by atoms with Crippen LogP contribution in [0.25, 0.3) is 0 Å². The number of ether oxygens (including phenoxy) is 3. The number of carbonyl (C=O) groups excluding carboxylic acids is 3. The van der Waals surface area contributed by atoms with E-state index >= 15 is 0 Å². The summed E-state index contributed by atoms with van der Waals surface area (Å²) in [5.74, 6) is -8.09. The van der Waals surface area contributed by atoms with Crippen LogP contribution in [0.5, 0.6) is 0 Å². The predicted octanol–water partition coefficient (Wildman–Crippen LogP) is 4.08. The lowest BCUT2D eigenvalue weighted by Gasteiger charge is -2.74. The van der Waals surface area contributed by atoms with Crippen LogP contribution in [-0.2, 0) is 28.6 Å². The Labute approximate surface area is 328 Å². The third-order valence-corrected chi connectivity index (χ3v) is 18.6. The van der Waals surface area contributed by atoms with Gasteiger partial charge in [-0.25, -0.2) is 0 Å². The largest absolute Gasteiger partial charge is 0.483 e. The minimum Gasteiger partial charge on any atom is -0.483 e. The minimum absolute atomic E-state index is 0.0422. The fraction of sp³-hybridized carbons (Fsp3) is 0.800. The van der Waals surface area contributed by atoms with Gasteiger partial charge in [-0.15, -0.1) is 0 Å². The van der Waals surface area contributed by atoms with Crippen molar-refractivity contribution in [2.75, 3.05) is 6.61 Å². The van der Waals surface area contributed by atoms with Gasteiger partial charge in [0.25, 0.3) is 0 Å². The Kier molecular flexibility index (Phi) is 7.41. The average Bonchev–Trinajstić information content (AvgIpc) is 3.29. The first-order valence-corrected chi connectivity index (χ1v) is 21.3. The van der Waals surface area contributed by atoms with E-state index in [-0.39, 0.29) is 48.4 Å². The molecule has 4 heterocycles. The van der Waals surface area contributed by atoms with Crippen molar-refractivity contribution in [3.05, 3.63) is 35.6 Å². The number of allylic oxidation sites excluding steroid dienone is 2. The van der Waals surface area contributed by atoms with Crippen LogP contribution >= 0.6 is 0 Å². The van der Waals surface area contributed by atoms with Gasteiger partial charge >= 0.3 is 0 Å². The van der Waals surface area contributed by atoms with Gasteiger partial charge in [0.2, 0.25) is 11.6 Å². The molecule has 0 unspecified atom stereocenters. The van der Waals surface area contributed by atoms with Crippen LogP contribution in [0.4, 0.5) is 0 Å². The summed E-state index contributed by atoms with van der Waals surface area (Å²) >= 11 is 0. The second-order valence-corrected chi connectivity index (χ2v) is 21.6. The SMILES string of the molecule is C=C1C(=O)[C@]23[C@H](C)[C@H]1CC[C@H]2[C@@]12CO[C@]3(O)[C@@H](O)[C@@H]1C(C)(C)CC1=C2O[C@]2(CC1)CC(C)(C)[C@@H]([C@H](O)[C@@]1(O)O[C@@H](C)C[C@@H]3CC[C@H]4C(=C)C(=O)[C@]31[C@@H]4O)CC2=O. The summed E-state index contributed by atoms with van der Waals surface area (Å²) in [6.45, 7) is 20.1. The van der Waals surface area contributed by atoms with E-state index in [0.29, 0.717) is 56.3 Å². The number of hydrogen-bond acceptors (Lipinski definition) is 11. The monoisotopic (exact) mass is 776 g/mol. The molecule has 11 nitrogen and oxygen atoms in total. The van der Waals surface area contributed by atoms with Gasteiger partial charge in [0.15, 0.2) is 23.0 Å². The molecule has 0 radical (unpaired) electrons. The predicted molar refractivity (Wildman–Crippen MR) is 200 cm³/mol. The first-order chi connectivity index (χ1) is 26.0. The number of ketones is 3. The molecule has 11 rings (SSSR count). The first kappa shape index (κ1) is 38.0. The van der Waals surface area contributed by atoms with E-state index in [4.69, 9.17) is 14.2 Å². The van der Waals surface area contributed by atoms with Gasteiger partial charge < -0.3 is 39.7 Å². The Hall–Kier alpha value is -2.25. The van der Waals surface area contributed by atoms with Crippen LogP contribution in [0.15, 0.2) is 35.6 Å². The number of aliphatic hydroxyl groups is 5. The van der Waals surface area contributed by atoms with Gasteiger partial charge in [0.1, 0.15) is 23.4 Å². The molecule has 306 valence electrons. The summed E-state index contributed by atoms with van der Waals surface area (Å²) in [5.41, 5.74) is -5.08. The summed E-state index contributed by atoms with van der Waals surface area (Å²) < 4.78 is 20.0.